The van der Waals surface area contributed by atoms with Crippen LogP contribution in [0.4, 0.5) is 11.4 Å². The van der Waals surface area contributed by atoms with Crippen LogP contribution in [0, 0.1) is 5.92 Å². The molecule has 16 heavy (non-hydrogen) atoms. The molecule has 1 aliphatic rings. The first-order valence-electron chi connectivity index (χ1n) is 6.40. The molecule has 1 aromatic carbocycles. The minimum Gasteiger partial charge on any atom is -0.399 e. The van der Waals surface area contributed by atoms with Gasteiger partial charge in [-0.05, 0) is 49.8 Å². The molecule has 1 aliphatic carbocycles. The molecule has 0 heterocycles. The van der Waals surface area contributed by atoms with Crippen molar-refractivity contribution in [2.75, 3.05) is 11.1 Å². The fourth-order valence-electron chi connectivity index (χ4n) is 2.58. The van der Waals surface area contributed by atoms with Crippen molar-refractivity contribution in [3.05, 3.63) is 24.3 Å². The number of nitrogens with two attached hydrogens (primary N) is 1. The van der Waals surface area contributed by atoms with Crippen molar-refractivity contribution < 1.29 is 0 Å². The molecule has 2 rings (SSSR count). The van der Waals surface area contributed by atoms with Crippen LogP contribution in [0.3, 0.4) is 0 Å². The Bertz CT molecular complexity index is 327. The van der Waals surface area contributed by atoms with E-state index in [4.69, 9.17) is 5.73 Å². The maximum atomic E-state index is 5.77. The quantitative estimate of drug-likeness (QED) is 0.760. The van der Waals surface area contributed by atoms with Crippen molar-refractivity contribution in [3.63, 3.8) is 0 Å². The first-order valence-corrected chi connectivity index (χ1v) is 6.40. The van der Waals surface area contributed by atoms with Gasteiger partial charge in [0.2, 0.25) is 0 Å². The van der Waals surface area contributed by atoms with E-state index in [9.17, 15) is 0 Å². The third-order valence-electron chi connectivity index (χ3n) is 3.68. The molecule has 0 saturated heterocycles. The zero-order valence-electron chi connectivity index (χ0n) is 10.1. The Morgan fingerprint density at radius 2 is 2.00 bits per heavy atom. The highest BCUT2D eigenvalue weighted by molar-refractivity contribution is 5.54. The normalized spacial score (nSPS) is 25.3. The van der Waals surface area contributed by atoms with Crippen LogP contribution in [0.25, 0.3) is 0 Å². The standard InChI is InChI=1S/C14H22N2/c1-2-11-6-8-13(9-7-11)16-14-5-3-4-12(15)10-14/h3-5,10-11,13,16H,2,6-9,15H2,1H3. The van der Waals surface area contributed by atoms with E-state index in [1.165, 1.54) is 37.8 Å². The summed E-state index contributed by atoms with van der Waals surface area (Å²) in [5, 5.41) is 3.59. The van der Waals surface area contributed by atoms with Crippen LogP contribution < -0.4 is 11.1 Å². The van der Waals surface area contributed by atoms with Crippen molar-refractivity contribution >= 4 is 11.4 Å². The van der Waals surface area contributed by atoms with Crippen molar-refractivity contribution in [2.24, 2.45) is 5.92 Å². The van der Waals surface area contributed by atoms with Crippen molar-refractivity contribution in [3.8, 4) is 0 Å². The lowest BCUT2D eigenvalue weighted by molar-refractivity contribution is 0.330. The van der Waals surface area contributed by atoms with E-state index in [0.29, 0.717) is 6.04 Å². The number of hydrogen-bond donors (Lipinski definition) is 2. The summed E-state index contributed by atoms with van der Waals surface area (Å²) < 4.78 is 0. The minimum atomic E-state index is 0.643. The summed E-state index contributed by atoms with van der Waals surface area (Å²) in [7, 11) is 0. The van der Waals surface area contributed by atoms with Gasteiger partial charge in [0.15, 0.2) is 0 Å². The molecule has 0 amide bonds. The van der Waals surface area contributed by atoms with E-state index < -0.39 is 0 Å². The van der Waals surface area contributed by atoms with Crippen LogP contribution in [0.15, 0.2) is 24.3 Å². The van der Waals surface area contributed by atoms with Gasteiger partial charge in [-0.3, -0.25) is 0 Å². The van der Waals surface area contributed by atoms with Gasteiger partial charge in [-0.2, -0.15) is 0 Å². The van der Waals surface area contributed by atoms with Crippen LogP contribution in [0.1, 0.15) is 39.0 Å². The molecule has 0 aliphatic heterocycles. The first-order chi connectivity index (χ1) is 7.78. The molecular formula is C14H22N2. The zero-order valence-corrected chi connectivity index (χ0v) is 10.1. The van der Waals surface area contributed by atoms with E-state index in [-0.39, 0.29) is 0 Å². The SMILES string of the molecule is CCC1CCC(Nc2cccc(N)c2)CC1. The fraction of sp³-hybridized carbons (Fsp3) is 0.571. The second kappa shape index (κ2) is 5.24. The monoisotopic (exact) mass is 218 g/mol. The third kappa shape index (κ3) is 2.91. The Morgan fingerprint density at radius 1 is 1.25 bits per heavy atom. The van der Waals surface area contributed by atoms with E-state index in [2.05, 4.69) is 18.3 Å². The minimum absolute atomic E-state index is 0.643. The Balaban J connectivity index is 1.87. The molecule has 0 aromatic heterocycles. The van der Waals surface area contributed by atoms with Gasteiger partial charge in [0, 0.05) is 17.4 Å². The van der Waals surface area contributed by atoms with Gasteiger partial charge >= 0.3 is 0 Å². The second-order valence-corrected chi connectivity index (χ2v) is 4.90. The van der Waals surface area contributed by atoms with Gasteiger partial charge in [0.1, 0.15) is 0 Å². The Hall–Kier alpha value is -1.18. The lowest BCUT2D eigenvalue weighted by atomic mass is 9.84. The molecule has 1 aromatic rings. The molecular weight excluding hydrogens is 196 g/mol. The van der Waals surface area contributed by atoms with Crippen LogP contribution in [-0.2, 0) is 0 Å². The number of nitrogen functional groups attached to an aromatic ring is 1. The highest BCUT2D eigenvalue weighted by Crippen LogP contribution is 2.28. The van der Waals surface area contributed by atoms with Crippen molar-refractivity contribution in [1.29, 1.82) is 0 Å². The van der Waals surface area contributed by atoms with Gasteiger partial charge in [0.05, 0.1) is 0 Å². The van der Waals surface area contributed by atoms with Gasteiger partial charge in [0.25, 0.3) is 0 Å². The van der Waals surface area contributed by atoms with Gasteiger partial charge in [-0.1, -0.05) is 19.4 Å². The summed E-state index contributed by atoms with van der Waals surface area (Å²) in [6, 6.07) is 8.70. The predicted octanol–water partition coefficient (Wildman–Crippen LogP) is 3.65. The lowest BCUT2D eigenvalue weighted by Gasteiger charge is -2.29. The number of rotatable bonds is 3. The summed E-state index contributed by atoms with van der Waals surface area (Å²) in [5.41, 5.74) is 7.77. The molecule has 3 N–H and O–H groups in total. The van der Waals surface area contributed by atoms with Crippen LogP contribution >= 0.6 is 0 Å². The number of hydrogen-bond acceptors (Lipinski definition) is 2. The van der Waals surface area contributed by atoms with Crippen molar-refractivity contribution in [1.82, 2.24) is 0 Å². The molecule has 88 valence electrons. The summed E-state index contributed by atoms with van der Waals surface area (Å²) in [5.74, 6) is 0.957. The maximum Gasteiger partial charge on any atom is 0.0362 e. The summed E-state index contributed by atoms with van der Waals surface area (Å²) in [4.78, 5) is 0. The second-order valence-electron chi connectivity index (χ2n) is 4.90. The van der Waals surface area contributed by atoms with Gasteiger partial charge in [-0.25, -0.2) is 0 Å². The molecule has 0 bridgehead atoms. The van der Waals surface area contributed by atoms with Crippen LogP contribution in [0.2, 0.25) is 0 Å². The molecule has 0 radical (unpaired) electrons. The molecule has 2 nitrogen and oxygen atoms in total. The Morgan fingerprint density at radius 3 is 2.62 bits per heavy atom. The number of benzene rings is 1. The van der Waals surface area contributed by atoms with E-state index in [1.807, 2.05) is 18.2 Å². The van der Waals surface area contributed by atoms with E-state index in [0.717, 1.165) is 11.6 Å². The smallest absolute Gasteiger partial charge is 0.0362 e. The van der Waals surface area contributed by atoms with Crippen LogP contribution in [-0.4, -0.2) is 6.04 Å². The molecule has 0 unspecified atom stereocenters. The maximum absolute atomic E-state index is 5.77. The molecule has 0 spiro atoms. The molecule has 1 fully saturated rings. The molecule has 2 heteroatoms. The lowest BCUT2D eigenvalue weighted by Crippen LogP contribution is -2.25. The first kappa shape index (κ1) is 11.3. The Labute approximate surface area is 98.2 Å². The highest BCUT2D eigenvalue weighted by atomic mass is 14.9. The predicted molar refractivity (Wildman–Crippen MR) is 70.5 cm³/mol. The highest BCUT2D eigenvalue weighted by Gasteiger charge is 2.19. The summed E-state index contributed by atoms with van der Waals surface area (Å²) >= 11 is 0. The molecule has 0 atom stereocenters. The molecule has 1 saturated carbocycles. The van der Waals surface area contributed by atoms with E-state index >= 15 is 0 Å². The number of nitrogens with one attached hydrogen (secondary N) is 1. The van der Waals surface area contributed by atoms with Gasteiger partial charge < -0.3 is 11.1 Å². The topological polar surface area (TPSA) is 38.0 Å². The fourth-order valence-corrected chi connectivity index (χ4v) is 2.58. The van der Waals surface area contributed by atoms with E-state index in [1.54, 1.807) is 0 Å². The summed E-state index contributed by atoms with van der Waals surface area (Å²) in [6.07, 6.45) is 6.68. The largest absolute Gasteiger partial charge is 0.399 e. The zero-order chi connectivity index (χ0) is 11.4. The number of anilines is 2. The third-order valence-corrected chi connectivity index (χ3v) is 3.68. The van der Waals surface area contributed by atoms with Crippen molar-refractivity contribution in [2.45, 2.75) is 45.1 Å². The average molecular weight is 218 g/mol. The summed E-state index contributed by atoms with van der Waals surface area (Å²) in [6.45, 7) is 2.30. The van der Waals surface area contributed by atoms with Gasteiger partial charge in [-0.15, -0.1) is 0 Å². The van der Waals surface area contributed by atoms with Crippen LogP contribution in [0.5, 0.6) is 0 Å². The average Bonchev–Trinajstić information content (AvgIpc) is 2.30. The Kier molecular flexibility index (Phi) is 3.70.